The first kappa shape index (κ1) is 16.9. The second-order valence-corrected chi connectivity index (χ2v) is 6.01. The SMILES string of the molecule is CCCCCCCCCCCC(NN)C1CCOC1. The summed E-state index contributed by atoms with van der Waals surface area (Å²) in [5, 5.41) is 0. The van der Waals surface area contributed by atoms with Gasteiger partial charge in [0.15, 0.2) is 0 Å². The van der Waals surface area contributed by atoms with Gasteiger partial charge in [-0.25, -0.2) is 0 Å². The molecule has 2 atom stereocenters. The molecule has 1 heterocycles. The van der Waals surface area contributed by atoms with Gasteiger partial charge in [-0.1, -0.05) is 64.7 Å². The van der Waals surface area contributed by atoms with Crippen molar-refractivity contribution in [1.29, 1.82) is 0 Å². The summed E-state index contributed by atoms with van der Waals surface area (Å²) in [5.74, 6) is 6.29. The average molecular weight is 270 g/mol. The van der Waals surface area contributed by atoms with Crippen LogP contribution in [0.1, 0.15) is 77.6 Å². The maximum absolute atomic E-state index is 5.66. The molecule has 1 aliphatic heterocycles. The summed E-state index contributed by atoms with van der Waals surface area (Å²) < 4.78 is 5.44. The summed E-state index contributed by atoms with van der Waals surface area (Å²) in [6.45, 7) is 4.09. The second-order valence-electron chi connectivity index (χ2n) is 6.01. The molecule has 2 unspecified atom stereocenters. The Morgan fingerprint density at radius 1 is 1.05 bits per heavy atom. The average Bonchev–Trinajstić information content (AvgIpc) is 2.95. The van der Waals surface area contributed by atoms with Crippen LogP contribution >= 0.6 is 0 Å². The molecule has 3 nitrogen and oxygen atoms in total. The van der Waals surface area contributed by atoms with Crippen molar-refractivity contribution in [2.45, 2.75) is 83.6 Å². The molecule has 19 heavy (non-hydrogen) atoms. The van der Waals surface area contributed by atoms with Gasteiger partial charge in [-0.2, -0.15) is 0 Å². The van der Waals surface area contributed by atoms with Crippen molar-refractivity contribution < 1.29 is 4.74 Å². The smallest absolute Gasteiger partial charge is 0.0510 e. The Hall–Kier alpha value is -0.120. The molecule has 0 bridgehead atoms. The molecular weight excluding hydrogens is 236 g/mol. The van der Waals surface area contributed by atoms with Gasteiger partial charge in [0.25, 0.3) is 0 Å². The van der Waals surface area contributed by atoms with E-state index in [4.69, 9.17) is 10.6 Å². The highest BCUT2D eigenvalue weighted by Gasteiger charge is 2.24. The lowest BCUT2D eigenvalue weighted by Crippen LogP contribution is -2.41. The molecule has 114 valence electrons. The topological polar surface area (TPSA) is 47.3 Å². The first-order valence-electron chi connectivity index (χ1n) is 8.42. The molecule has 1 saturated heterocycles. The van der Waals surface area contributed by atoms with E-state index < -0.39 is 0 Å². The Labute approximate surface area is 119 Å². The standard InChI is InChI=1S/C16H34N2O/c1-2-3-4-5-6-7-8-9-10-11-16(18-17)15-12-13-19-14-15/h15-16,18H,2-14,17H2,1H3. The quantitative estimate of drug-likeness (QED) is 0.322. The number of hydrogen-bond donors (Lipinski definition) is 2. The summed E-state index contributed by atoms with van der Waals surface area (Å²) in [4.78, 5) is 0. The van der Waals surface area contributed by atoms with E-state index in [0.717, 1.165) is 13.2 Å². The molecule has 0 aromatic rings. The lowest BCUT2D eigenvalue weighted by atomic mass is 9.94. The zero-order valence-electron chi connectivity index (χ0n) is 12.8. The first-order valence-corrected chi connectivity index (χ1v) is 8.42. The van der Waals surface area contributed by atoms with E-state index in [2.05, 4.69) is 12.3 Å². The van der Waals surface area contributed by atoms with E-state index in [9.17, 15) is 0 Å². The fraction of sp³-hybridized carbons (Fsp3) is 1.00. The summed E-state index contributed by atoms with van der Waals surface area (Å²) in [6, 6.07) is 0.465. The molecule has 0 aromatic carbocycles. The molecule has 1 aliphatic rings. The summed E-state index contributed by atoms with van der Waals surface area (Å²) in [5.41, 5.74) is 2.99. The number of rotatable bonds is 12. The van der Waals surface area contributed by atoms with Crippen molar-refractivity contribution >= 4 is 0 Å². The van der Waals surface area contributed by atoms with Gasteiger partial charge in [-0.15, -0.1) is 0 Å². The number of unbranched alkanes of at least 4 members (excludes halogenated alkanes) is 8. The molecule has 0 aromatic heterocycles. The van der Waals surface area contributed by atoms with Crippen molar-refractivity contribution in [2.24, 2.45) is 11.8 Å². The Kier molecular flexibility index (Phi) is 10.4. The fourth-order valence-electron chi connectivity index (χ4n) is 3.00. The maximum Gasteiger partial charge on any atom is 0.0510 e. The third kappa shape index (κ3) is 7.91. The highest BCUT2D eigenvalue weighted by atomic mass is 16.5. The molecule has 1 fully saturated rings. The van der Waals surface area contributed by atoms with Gasteiger partial charge in [0.2, 0.25) is 0 Å². The van der Waals surface area contributed by atoms with Crippen LogP contribution in [0.2, 0.25) is 0 Å². The molecule has 3 N–H and O–H groups in total. The van der Waals surface area contributed by atoms with Crippen LogP contribution in [0.25, 0.3) is 0 Å². The predicted molar refractivity (Wildman–Crippen MR) is 81.9 cm³/mol. The van der Waals surface area contributed by atoms with Crippen molar-refractivity contribution in [3.05, 3.63) is 0 Å². The molecule has 1 rings (SSSR count). The summed E-state index contributed by atoms with van der Waals surface area (Å²) in [6.07, 6.45) is 14.9. The number of hydrogen-bond acceptors (Lipinski definition) is 3. The van der Waals surface area contributed by atoms with E-state index in [-0.39, 0.29) is 0 Å². The summed E-state index contributed by atoms with van der Waals surface area (Å²) in [7, 11) is 0. The van der Waals surface area contributed by atoms with E-state index in [1.54, 1.807) is 0 Å². The molecule has 0 radical (unpaired) electrons. The highest BCUT2D eigenvalue weighted by molar-refractivity contribution is 4.77. The number of nitrogens with one attached hydrogen (secondary N) is 1. The Morgan fingerprint density at radius 3 is 2.21 bits per heavy atom. The van der Waals surface area contributed by atoms with Gasteiger partial charge >= 0.3 is 0 Å². The molecule has 0 aliphatic carbocycles. The minimum Gasteiger partial charge on any atom is -0.381 e. The minimum absolute atomic E-state index is 0.465. The van der Waals surface area contributed by atoms with E-state index in [1.807, 2.05) is 0 Å². The monoisotopic (exact) mass is 270 g/mol. The van der Waals surface area contributed by atoms with Crippen LogP contribution in [0.3, 0.4) is 0 Å². The van der Waals surface area contributed by atoms with Crippen molar-refractivity contribution in [2.75, 3.05) is 13.2 Å². The molecular formula is C16H34N2O. The summed E-state index contributed by atoms with van der Waals surface area (Å²) >= 11 is 0. The third-order valence-electron chi connectivity index (χ3n) is 4.37. The van der Waals surface area contributed by atoms with Gasteiger partial charge < -0.3 is 4.74 Å². The largest absolute Gasteiger partial charge is 0.381 e. The molecule has 3 heteroatoms. The Bertz CT molecular complexity index is 193. The van der Waals surface area contributed by atoms with Gasteiger partial charge in [-0.05, 0) is 12.8 Å². The van der Waals surface area contributed by atoms with E-state index in [1.165, 1.54) is 70.6 Å². The number of hydrazine groups is 1. The van der Waals surface area contributed by atoms with Gasteiger partial charge in [0, 0.05) is 18.6 Å². The second kappa shape index (κ2) is 11.7. The number of nitrogens with two attached hydrogens (primary N) is 1. The van der Waals surface area contributed by atoms with E-state index in [0.29, 0.717) is 12.0 Å². The van der Waals surface area contributed by atoms with Crippen LogP contribution in [0.4, 0.5) is 0 Å². The van der Waals surface area contributed by atoms with Crippen LogP contribution in [0.5, 0.6) is 0 Å². The Morgan fingerprint density at radius 2 is 1.68 bits per heavy atom. The van der Waals surface area contributed by atoms with Crippen LogP contribution in [-0.4, -0.2) is 19.3 Å². The van der Waals surface area contributed by atoms with Gasteiger partial charge in [0.1, 0.15) is 0 Å². The van der Waals surface area contributed by atoms with Gasteiger partial charge in [-0.3, -0.25) is 11.3 Å². The van der Waals surface area contributed by atoms with Crippen LogP contribution in [-0.2, 0) is 4.74 Å². The first-order chi connectivity index (χ1) is 9.38. The Balaban J connectivity index is 1.88. The third-order valence-corrected chi connectivity index (χ3v) is 4.37. The van der Waals surface area contributed by atoms with Crippen LogP contribution in [0, 0.1) is 5.92 Å². The van der Waals surface area contributed by atoms with Crippen LogP contribution < -0.4 is 11.3 Å². The van der Waals surface area contributed by atoms with E-state index >= 15 is 0 Å². The lowest BCUT2D eigenvalue weighted by molar-refractivity contribution is 0.174. The molecule has 0 spiro atoms. The van der Waals surface area contributed by atoms with Crippen LogP contribution in [0.15, 0.2) is 0 Å². The minimum atomic E-state index is 0.465. The van der Waals surface area contributed by atoms with Gasteiger partial charge in [0.05, 0.1) is 6.61 Å². The maximum atomic E-state index is 5.66. The predicted octanol–water partition coefficient (Wildman–Crippen LogP) is 3.78. The zero-order chi connectivity index (χ0) is 13.8. The zero-order valence-corrected chi connectivity index (χ0v) is 12.8. The fourth-order valence-corrected chi connectivity index (χ4v) is 3.00. The highest BCUT2D eigenvalue weighted by Crippen LogP contribution is 2.20. The van der Waals surface area contributed by atoms with Crippen molar-refractivity contribution in [3.63, 3.8) is 0 Å². The molecule has 0 saturated carbocycles. The number of ether oxygens (including phenoxy) is 1. The normalized spacial score (nSPS) is 20.8. The lowest BCUT2D eigenvalue weighted by Gasteiger charge is -2.21. The van der Waals surface area contributed by atoms with Crippen molar-refractivity contribution in [1.82, 2.24) is 5.43 Å². The van der Waals surface area contributed by atoms with Crippen molar-refractivity contribution in [3.8, 4) is 0 Å². The molecule has 0 amide bonds.